The summed E-state index contributed by atoms with van der Waals surface area (Å²) in [6.45, 7) is 0.0978. The smallest absolute Gasteiger partial charge is 0.317 e. The van der Waals surface area contributed by atoms with Gasteiger partial charge in [0.2, 0.25) is 0 Å². The largest absolute Gasteiger partial charge is 0.491 e. The van der Waals surface area contributed by atoms with E-state index in [4.69, 9.17) is 21.4 Å². The number of aliphatic hydroxyl groups is 1. The van der Waals surface area contributed by atoms with E-state index in [0.717, 1.165) is 0 Å². The van der Waals surface area contributed by atoms with Crippen LogP contribution in [0, 0.1) is 0 Å². The quantitative estimate of drug-likeness (QED) is 0.863. The van der Waals surface area contributed by atoms with Crippen molar-refractivity contribution in [2.24, 2.45) is 0 Å². The van der Waals surface area contributed by atoms with Gasteiger partial charge in [-0.3, -0.25) is 9.69 Å². The number of likely N-dealkylation sites (N-methyl/N-ethyl adjacent to an activating group) is 1. The minimum absolute atomic E-state index is 0.152. The number of aliphatic hydroxyl groups excluding tert-OH is 1. The molecule has 2 rings (SSSR count). The van der Waals surface area contributed by atoms with Crippen LogP contribution in [0.1, 0.15) is 11.7 Å². The van der Waals surface area contributed by atoms with E-state index in [-0.39, 0.29) is 13.2 Å². The minimum atomic E-state index is -0.943. The molecule has 1 aromatic rings. The fourth-order valence-corrected chi connectivity index (χ4v) is 2.23. The maximum Gasteiger partial charge on any atom is 0.317 e. The topological polar surface area (TPSA) is 70.0 Å². The van der Waals surface area contributed by atoms with Crippen molar-refractivity contribution in [3.05, 3.63) is 28.8 Å². The lowest BCUT2D eigenvalue weighted by molar-refractivity contribution is -0.139. The Morgan fingerprint density at radius 2 is 2.33 bits per heavy atom. The number of ether oxygens (including phenoxy) is 1. The van der Waals surface area contributed by atoms with E-state index in [0.29, 0.717) is 16.3 Å². The molecule has 18 heavy (non-hydrogen) atoms. The number of carboxylic acid groups (broad SMARTS) is 1. The normalized spacial score (nSPS) is 22.4. The van der Waals surface area contributed by atoms with Crippen LogP contribution in [0.2, 0.25) is 5.02 Å². The second-order valence-electron chi connectivity index (χ2n) is 4.31. The third-order valence-corrected chi connectivity index (χ3v) is 3.25. The summed E-state index contributed by atoms with van der Waals surface area (Å²) < 4.78 is 5.51. The summed E-state index contributed by atoms with van der Waals surface area (Å²) in [5.74, 6) is -0.353. The minimum Gasteiger partial charge on any atom is -0.491 e. The first-order chi connectivity index (χ1) is 8.49. The number of nitrogens with zero attached hydrogens (tertiary/aromatic N) is 1. The molecule has 0 spiro atoms. The number of fused-ring (bicyclic) bond motifs is 1. The van der Waals surface area contributed by atoms with Crippen LogP contribution in [0.5, 0.6) is 5.75 Å². The van der Waals surface area contributed by atoms with Crippen LogP contribution in [0.3, 0.4) is 0 Å². The van der Waals surface area contributed by atoms with Gasteiger partial charge >= 0.3 is 5.97 Å². The molecule has 2 atom stereocenters. The summed E-state index contributed by atoms with van der Waals surface area (Å²) in [5.41, 5.74) is 0.594. The summed E-state index contributed by atoms with van der Waals surface area (Å²) >= 11 is 5.88. The zero-order chi connectivity index (χ0) is 13.3. The molecule has 0 aliphatic carbocycles. The van der Waals surface area contributed by atoms with Crippen molar-refractivity contribution in [1.82, 2.24) is 4.90 Å². The predicted octanol–water partition coefficient (Wildman–Crippen LogP) is 1.15. The Labute approximate surface area is 110 Å². The van der Waals surface area contributed by atoms with E-state index in [2.05, 4.69) is 0 Å². The van der Waals surface area contributed by atoms with Crippen molar-refractivity contribution < 1.29 is 19.7 Å². The number of halogens is 1. The van der Waals surface area contributed by atoms with Gasteiger partial charge in [0.15, 0.2) is 0 Å². The molecule has 0 fully saturated rings. The lowest BCUT2D eigenvalue weighted by atomic mass is 9.98. The number of hydrogen-bond donors (Lipinski definition) is 2. The first-order valence-corrected chi connectivity index (χ1v) is 5.89. The molecule has 0 amide bonds. The zero-order valence-electron chi connectivity index (χ0n) is 9.84. The molecule has 5 nitrogen and oxygen atoms in total. The maximum atomic E-state index is 10.7. The molecule has 2 unspecified atom stereocenters. The third kappa shape index (κ3) is 2.58. The number of aliphatic carboxylic acids is 1. The fourth-order valence-electron chi connectivity index (χ4n) is 2.05. The third-order valence-electron chi connectivity index (χ3n) is 3.02. The highest BCUT2D eigenvalue weighted by atomic mass is 35.5. The Morgan fingerprint density at radius 3 is 3.00 bits per heavy atom. The van der Waals surface area contributed by atoms with E-state index in [1.807, 2.05) is 0 Å². The first-order valence-electron chi connectivity index (χ1n) is 5.51. The molecule has 0 radical (unpaired) electrons. The number of rotatable bonds is 3. The van der Waals surface area contributed by atoms with Crippen molar-refractivity contribution in [3.8, 4) is 5.75 Å². The zero-order valence-corrected chi connectivity index (χ0v) is 10.6. The van der Waals surface area contributed by atoms with Crippen molar-refractivity contribution >= 4 is 17.6 Å². The molecular weight excluding hydrogens is 258 g/mol. The van der Waals surface area contributed by atoms with E-state index >= 15 is 0 Å². The maximum absolute atomic E-state index is 10.7. The SMILES string of the molecule is CN(CC(=O)O)C1COc2ccc(Cl)cc2C1O. The Hall–Kier alpha value is -1.30. The highest BCUT2D eigenvalue weighted by Gasteiger charge is 2.33. The molecule has 1 aromatic carbocycles. The van der Waals surface area contributed by atoms with E-state index in [9.17, 15) is 9.90 Å². The van der Waals surface area contributed by atoms with Gasteiger partial charge in [-0.05, 0) is 25.2 Å². The summed E-state index contributed by atoms with van der Waals surface area (Å²) in [5, 5.41) is 19.5. The molecule has 0 saturated carbocycles. The highest BCUT2D eigenvalue weighted by Crippen LogP contribution is 2.35. The summed E-state index contributed by atoms with van der Waals surface area (Å²) in [4.78, 5) is 12.2. The molecule has 0 aromatic heterocycles. The van der Waals surface area contributed by atoms with Crippen LogP contribution in [0.15, 0.2) is 18.2 Å². The van der Waals surface area contributed by atoms with Gasteiger partial charge in [-0.1, -0.05) is 11.6 Å². The second kappa shape index (κ2) is 5.14. The summed E-state index contributed by atoms with van der Waals surface area (Å²) in [7, 11) is 1.64. The average Bonchev–Trinajstić information content (AvgIpc) is 2.29. The van der Waals surface area contributed by atoms with Crippen molar-refractivity contribution in [2.75, 3.05) is 20.2 Å². The number of benzene rings is 1. The lowest BCUT2D eigenvalue weighted by Crippen LogP contribution is -2.45. The second-order valence-corrected chi connectivity index (χ2v) is 4.75. The molecule has 6 heteroatoms. The van der Waals surface area contributed by atoms with Crippen molar-refractivity contribution in [3.63, 3.8) is 0 Å². The predicted molar refractivity (Wildman–Crippen MR) is 66.0 cm³/mol. The molecule has 1 aliphatic heterocycles. The van der Waals surface area contributed by atoms with Crippen LogP contribution in [0.25, 0.3) is 0 Å². The van der Waals surface area contributed by atoms with Crippen molar-refractivity contribution in [2.45, 2.75) is 12.1 Å². The van der Waals surface area contributed by atoms with Gasteiger partial charge in [0.05, 0.1) is 12.6 Å². The monoisotopic (exact) mass is 271 g/mol. The standard InChI is InChI=1S/C12H14ClNO4/c1-14(5-11(15)16)9-6-18-10-3-2-7(13)4-8(10)12(9)17/h2-4,9,12,17H,5-6H2,1H3,(H,15,16). The molecule has 98 valence electrons. The molecular formula is C12H14ClNO4. The van der Waals surface area contributed by atoms with E-state index < -0.39 is 18.1 Å². The number of carboxylic acids is 1. The van der Waals surface area contributed by atoms with Crippen molar-refractivity contribution in [1.29, 1.82) is 0 Å². The van der Waals surface area contributed by atoms with Gasteiger partial charge < -0.3 is 14.9 Å². The highest BCUT2D eigenvalue weighted by molar-refractivity contribution is 6.30. The van der Waals surface area contributed by atoms with E-state index in [1.54, 1.807) is 30.1 Å². The molecule has 2 N–H and O–H groups in total. The Bertz CT molecular complexity index is 465. The number of hydrogen-bond acceptors (Lipinski definition) is 4. The first kappa shape index (κ1) is 13.1. The van der Waals surface area contributed by atoms with Gasteiger partial charge in [-0.2, -0.15) is 0 Å². The van der Waals surface area contributed by atoms with Crippen LogP contribution in [-0.2, 0) is 4.79 Å². The van der Waals surface area contributed by atoms with Crippen LogP contribution >= 0.6 is 11.6 Å². The Balaban J connectivity index is 2.21. The van der Waals surface area contributed by atoms with Gasteiger partial charge in [-0.15, -0.1) is 0 Å². The summed E-state index contributed by atoms with van der Waals surface area (Å²) in [6, 6.07) is 4.64. The van der Waals surface area contributed by atoms with Gasteiger partial charge in [0, 0.05) is 10.6 Å². The Morgan fingerprint density at radius 1 is 1.61 bits per heavy atom. The molecule has 0 saturated heterocycles. The van der Waals surface area contributed by atoms with Crippen LogP contribution < -0.4 is 4.74 Å². The number of carbonyl (C=O) groups is 1. The van der Waals surface area contributed by atoms with Gasteiger partial charge in [-0.25, -0.2) is 0 Å². The molecule has 0 bridgehead atoms. The average molecular weight is 272 g/mol. The van der Waals surface area contributed by atoms with Crippen LogP contribution in [-0.4, -0.2) is 47.3 Å². The van der Waals surface area contributed by atoms with E-state index in [1.165, 1.54) is 0 Å². The van der Waals surface area contributed by atoms with Crippen LogP contribution in [0.4, 0.5) is 0 Å². The Kier molecular flexibility index (Phi) is 3.75. The summed E-state index contributed by atoms with van der Waals surface area (Å²) in [6.07, 6.45) is -0.809. The lowest BCUT2D eigenvalue weighted by Gasteiger charge is -2.35. The fraction of sp³-hybridized carbons (Fsp3) is 0.417. The van der Waals surface area contributed by atoms with Gasteiger partial charge in [0.25, 0.3) is 0 Å². The molecule has 1 heterocycles. The molecule has 1 aliphatic rings. The van der Waals surface area contributed by atoms with Gasteiger partial charge in [0.1, 0.15) is 18.5 Å².